The first kappa shape index (κ1) is 14.2. The van der Waals surface area contributed by atoms with E-state index in [1.54, 1.807) is 18.2 Å². The van der Waals surface area contributed by atoms with Crippen molar-refractivity contribution < 1.29 is 0 Å². The van der Waals surface area contributed by atoms with Crippen molar-refractivity contribution in [2.24, 2.45) is 0 Å². The van der Waals surface area contributed by atoms with Gasteiger partial charge in [0.2, 0.25) is 0 Å². The fourth-order valence-electron chi connectivity index (χ4n) is 1.63. The zero-order valence-electron chi connectivity index (χ0n) is 9.70. The minimum Gasteiger partial charge on any atom is -0.366 e. The Morgan fingerprint density at radius 3 is 2.58 bits per heavy atom. The van der Waals surface area contributed by atoms with Gasteiger partial charge in [-0.25, -0.2) is 0 Å². The number of nitrogens with one attached hydrogen (secondary N) is 1. The first-order valence-corrected chi connectivity index (χ1v) is 7.01. The third-order valence-corrected chi connectivity index (χ3v) is 3.99. The molecule has 0 heterocycles. The molecule has 0 saturated heterocycles. The van der Waals surface area contributed by atoms with Gasteiger partial charge in [-0.15, -0.1) is 0 Å². The molecule has 5 heteroatoms. The molecule has 0 aliphatic rings. The molecule has 2 rings (SSSR count). The minimum absolute atomic E-state index is 0.466. The number of anilines is 1. The number of rotatable bonds is 3. The molecule has 0 bridgehead atoms. The fraction of sp³-hybridized carbons (Fsp3) is 0.0714. The smallest absolute Gasteiger partial charge is 0.140 e. The maximum atomic E-state index is 9.28. The number of nitriles is 1. The summed E-state index contributed by atoms with van der Waals surface area (Å²) >= 11 is 15.2. The summed E-state index contributed by atoms with van der Waals surface area (Å²) in [6.07, 6.45) is 0. The van der Waals surface area contributed by atoms with Crippen molar-refractivity contribution in [1.29, 1.82) is 5.26 Å². The summed E-state index contributed by atoms with van der Waals surface area (Å²) in [5.41, 5.74) is 1.63. The Balaban J connectivity index is 2.25. The average Bonchev–Trinajstić information content (AvgIpc) is 2.39. The lowest BCUT2D eigenvalue weighted by molar-refractivity contribution is 0.996. The van der Waals surface area contributed by atoms with Crippen LogP contribution in [0.4, 0.5) is 5.69 Å². The highest BCUT2D eigenvalue weighted by atomic mass is 79.9. The van der Waals surface area contributed by atoms with Gasteiger partial charge in [0.1, 0.15) is 6.04 Å². The largest absolute Gasteiger partial charge is 0.366 e. The van der Waals surface area contributed by atoms with Crippen LogP contribution in [-0.4, -0.2) is 0 Å². The fourth-order valence-corrected chi connectivity index (χ4v) is 2.33. The van der Waals surface area contributed by atoms with Gasteiger partial charge in [-0.1, -0.05) is 35.3 Å². The predicted octanol–water partition coefficient (Wildman–Crippen LogP) is 5.43. The molecule has 2 aromatic carbocycles. The van der Waals surface area contributed by atoms with E-state index in [0.29, 0.717) is 10.0 Å². The van der Waals surface area contributed by atoms with Crippen LogP contribution in [0.3, 0.4) is 0 Å². The van der Waals surface area contributed by atoms with E-state index in [2.05, 4.69) is 27.3 Å². The molecule has 0 fully saturated rings. The van der Waals surface area contributed by atoms with Crippen LogP contribution >= 0.6 is 39.1 Å². The second-order valence-electron chi connectivity index (χ2n) is 3.89. The van der Waals surface area contributed by atoms with Gasteiger partial charge in [0.25, 0.3) is 0 Å². The quantitative estimate of drug-likeness (QED) is 0.796. The standard InChI is InChI=1S/C14H9BrCl2N2/c15-12-6-9(4-5-13(12)17)14(8-18)19-11-3-1-2-10(16)7-11/h1-7,14,19H. The van der Waals surface area contributed by atoms with Crippen molar-refractivity contribution in [3.63, 3.8) is 0 Å². The van der Waals surface area contributed by atoms with Gasteiger partial charge in [0.15, 0.2) is 0 Å². The van der Waals surface area contributed by atoms with Gasteiger partial charge in [-0.2, -0.15) is 5.26 Å². The molecule has 1 atom stereocenters. The monoisotopic (exact) mass is 354 g/mol. The zero-order chi connectivity index (χ0) is 13.8. The van der Waals surface area contributed by atoms with Crippen molar-refractivity contribution in [2.45, 2.75) is 6.04 Å². The van der Waals surface area contributed by atoms with Gasteiger partial charge >= 0.3 is 0 Å². The van der Waals surface area contributed by atoms with Crippen molar-refractivity contribution in [3.05, 3.63) is 62.5 Å². The van der Waals surface area contributed by atoms with Gasteiger partial charge in [0.05, 0.1) is 11.1 Å². The second-order valence-corrected chi connectivity index (χ2v) is 5.59. The number of nitrogens with zero attached hydrogens (tertiary/aromatic N) is 1. The van der Waals surface area contributed by atoms with E-state index in [1.165, 1.54) is 0 Å². The number of benzene rings is 2. The van der Waals surface area contributed by atoms with E-state index in [1.807, 2.05) is 24.3 Å². The lowest BCUT2D eigenvalue weighted by Gasteiger charge is -2.14. The maximum Gasteiger partial charge on any atom is 0.140 e. The molecule has 0 aliphatic carbocycles. The summed E-state index contributed by atoms with van der Waals surface area (Å²) in [4.78, 5) is 0. The molecule has 2 nitrogen and oxygen atoms in total. The van der Waals surface area contributed by atoms with Gasteiger partial charge in [-0.3, -0.25) is 0 Å². The van der Waals surface area contributed by atoms with Crippen LogP contribution < -0.4 is 5.32 Å². The molecular formula is C14H9BrCl2N2. The van der Waals surface area contributed by atoms with E-state index in [9.17, 15) is 5.26 Å². The van der Waals surface area contributed by atoms with Crippen molar-refractivity contribution in [2.75, 3.05) is 5.32 Å². The zero-order valence-corrected chi connectivity index (χ0v) is 12.8. The molecule has 0 aliphatic heterocycles. The molecule has 1 unspecified atom stereocenters. The first-order chi connectivity index (χ1) is 9.10. The minimum atomic E-state index is -0.466. The van der Waals surface area contributed by atoms with Gasteiger partial charge < -0.3 is 5.32 Å². The van der Waals surface area contributed by atoms with Crippen LogP contribution in [0.5, 0.6) is 0 Å². The Kier molecular flexibility index (Phi) is 4.71. The van der Waals surface area contributed by atoms with E-state index in [0.717, 1.165) is 15.7 Å². The Morgan fingerprint density at radius 2 is 1.95 bits per heavy atom. The summed E-state index contributed by atoms with van der Waals surface area (Å²) < 4.78 is 0.764. The summed E-state index contributed by atoms with van der Waals surface area (Å²) in [6, 6.07) is 14.4. The topological polar surface area (TPSA) is 35.8 Å². The van der Waals surface area contributed by atoms with Gasteiger partial charge in [0, 0.05) is 15.2 Å². The number of hydrogen-bond donors (Lipinski definition) is 1. The van der Waals surface area contributed by atoms with Crippen LogP contribution in [0.1, 0.15) is 11.6 Å². The molecule has 19 heavy (non-hydrogen) atoms. The molecule has 0 aromatic heterocycles. The normalized spacial score (nSPS) is 11.7. The first-order valence-electron chi connectivity index (χ1n) is 5.47. The number of hydrogen-bond acceptors (Lipinski definition) is 2. The Hall–Kier alpha value is -1.21. The Labute approximate surface area is 130 Å². The SMILES string of the molecule is N#CC(Nc1cccc(Cl)c1)c1ccc(Cl)c(Br)c1. The molecule has 0 saturated carbocycles. The Bertz CT molecular complexity index is 638. The highest BCUT2D eigenvalue weighted by molar-refractivity contribution is 9.10. The Morgan fingerprint density at radius 1 is 1.16 bits per heavy atom. The molecule has 96 valence electrons. The van der Waals surface area contributed by atoms with Crippen molar-refractivity contribution in [3.8, 4) is 6.07 Å². The summed E-state index contributed by atoms with van der Waals surface area (Å²) in [6.45, 7) is 0. The van der Waals surface area contributed by atoms with Crippen LogP contribution in [0.25, 0.3) is 0 Å². The third kappa shape index (κ3) is 3.63. The lowest BCUT2D eigenvalue weighted by Crippen LogP contribution is -2.08. The molecule has 0 spiro atoms. The van der Waals surface area contributed by atoms with Crippen LogP contribution in [0.2, 0.25) is 10.0 Å². The summed E-state index contributed by atoms with van der Waals surface area (Å²) in [5, 5.41) is 13.6. The highest BCUT2D eigenvalue weighted by Gasteiger charge is 2.11. The summed E-state index contributed by atoms with van der Waals surface area (Å²) in [7, 11) is 0. The molecular weight excluding hydrogens is 347 g/mol. The van der Waals surface area contributed by atoms with E-state index in [-0.39, 0.29) is 0 Å². The van der Waals surface area contributed by atoms with E-state index in [4.69, 9.17) is 23.2 Å². The van der Waals surface area contributed by atoms with Crippen LogP contribution in [-0.2, 0) is 0 Å². The molecule has 2 aromatic rings. The van der Waals surface area contributed by atoms with Crippen LogP contribution in [0, 0.1) is 11.3 Å². The van der Waals surface area contributed by atoms with Gasteiger partial charge in [-0.05, 0) is 51.8 Å². The third-order valence-electron chi connectivity index (χ3n) is 2.54. The molecule has 0 amide bonds. The predicted molar refractivity (Wildman–Crippen MR) is 82.6 cm³/mol. The average molecular weight is 356 g/mol. The maximum absolute atomic E-state index is 9.28. The van der Waals surface area contributed by atoms with E-state index < -0.39 is 6.04 Å². The highest BCUT2D eigenvalue weighted by Crippen LogP contribution is 2.28. The molecule has 0 radical (unpaired) electrons. The molecule has 1 N–H and O–H groups in total. The summed E-state index contributed by atoms with van der Waals surface area (Å²) in [5.74, 6) is 0. The lowest BCUT2D eigenvalue weighted by atomic mass is 10.1. The van der Waals surface area contributed by atoms with Crippen LogP contribution in [0.15, 0.2) is 46.9 Å². The van der Waals surface area contributed by atoms with Crippen molar-refractivity contribution >= 4 is 44.8 Å². The second kappa shape index (κ2) is 6.29. The van der Waals surface area contributed by atoms with Crippen molar-refractivity contribution in [1.82, 2.24) is 0 Å². The van der Waals surface area contributed by atoms with E-state index >= 15 is 0 Å². The number of halogens is 3.